The zero-order chi connectivity index (χ0) is 15.0. The Kier molecular flexibility index (Phi) is 3.45. The quantitative estimate of drug-likeness (QED) is 0.889. The zero-order valence-electron chi connectivity index (χ0n) is 12.2. The summed E-state index contributed by atoms with van der Waals surface area (Å²) in [6, 6.07) is 8.92. The number of carbonyl (C=O) groups excluding carboxylic acids is 2. The van der Waals surface area contributed by atoms with Crippen molar-refractivity contribution in [3.05, 3.63) is 35.9 Å². The van der Waals surface area contributed by atoms with Gasteiger partial charge in [0.1, 0.15) is 5.60 Å². The van der Waals surface area contributed by atoms with Crippen LogP contribution in [0.1, 0.15) is 23.2 Å². The van der Waals surface area contributed by atoms with Gasteiger partial charge in [0.15, 0.2) is 0 Å². The van der Waals surface area contributed by atoms with E-state index in [9.17, 15) is 14.7 Å². The van der Waals surface area contributed by atoms with E-state index < -0.39 is 5.60 Å². The van der Waals surface area contributed by atoms with E-state index in [1.165, 1.54) is 4.90 Å². The van der Waals surface area contributed by atoms with E-state index in [4.69, 9.17) is 0 Å². The summed E-state index contributed by atoms with van der Waals surface area (Å²) >= 11 is 0. The molecule has 2 aliphatic rings. The van der Waals surface area contributed by atoms with E-state index in [0.717, 1.165) is 12.8 Å². The fraction of sp³-hybridized carbons (Fsp3) is 0.500. The Morgan fingerprint density at radius 2 is 1.90 bits per heavy atom. The molecular formula is C16H20N2O3. The summed E-state index contributed by atoms with van der Waals surface area (Å²) in [5.41, 5.74) is -0.0941. The molecule has 5 nitrogen and oxygen atoms in total. The van der Waals surface area contributed by atoms with Crippen molar-refractivity contribution in [1.29, 1.82) is 0 Å². The molecule has 0 radical (unpaired) electrons. The van der Waals surface area contributed by atoms with E-state index in [1.54, 1.807) is 36.2 Å². The number of carbonyl (C=O) groups is 2. The van der Waals surface area contributed by atoms with Crippen molar-refractivity contribution in [2.45, 2.75) is 18.4 Å². The average Bonchev–Trinajstić information content (AvgIpc) is 3.28. The van der Waals surface area contributed by atoms with Gasteiger partial charge in [0.25, 0.3) is 5.91 Å². The van der Waals surface area contributed by atoms with Gasteiger partial charge in [-0.15, -0.1) is 0 Å². The summed E-state index contributed by atoms with van der Waals surface area (Å²) in [6.07, 6.45) is 2.12. The van der Waals surface area contributed by atoms with Gasteiger partial charge in [0.2, 0.25) is 5.91 Å². The van der Waals surface area contributed by atoms with Gasteiger partial charge in [0, 0.05) is 12.6 Å². The number of likely N-dealkylation sites (N-methyl/N-ethyl adjacent to an activating group) is 1. The molecule has 2 fully saturated rings. The number of hydrogen-bond acceptors (Lipinski definition) is 3. The van der Waals surface area contributed by atoms with Gasteiger partial charge in [-0.1, -0.05) is 18.2 Å². The van der Waals surface area contributed by atoms with E-state index in [1.807, 2.05) is 6.07 Å². The number of hydrogen-bond donors (Lipinski definition) is 1. The van der Waals surface area contributed by atoms with Crippen LogP contribution in [0, 0.1) is 5.92 Å². The van der Waals surface area contributed by atoms with E-state index in [-0.39, 0.29) is 18.4 Å². The highest BCUT2D eigenvalue weighted by Crippen LogP contribution is 2.44. The van der Waals surface area contributed by atoms with Crippen molar-refractivity contribution >= 4 is 11.8 Å². The molecule has 0 atom stereocenters. The van der Waals surface area contributed by atoms with Crippen LogP contribution in [0.25, 0.3) is 0 Å². The third-order valence-corrected chi connectivity index (χ3v) is 4.36. The van der Waals surface area contributed by atoms with Gasteiger partial charge >= 0.3 is 0 Å². The first kappa shape index (κ1) is 14.1. The molecule has 21 heavy (non-hydrogen) atoms. The molecule has 0 bridgehead atoms. The van der Waals surface area contributed by atoms with E-state index in [0.29, 0.717) is 24.6 Å². The molecule has 112 valence electrons. The molecule has 1 N–H and O–H groups in total. The van der Waals surface area contributed by atoms with Crippen LogP contribution in [0.2, 0.25) is 0 Å². The molecule has 0 spiro atoms. The monoisotopic (exact) mass is 288 g/mol. The van der Waals surface area contributed by atoms with Gasteiger partial charge in [-0.05, 0) is 30.9 Å². The molecule has 1 aromatic rings. The Hall–Kier alpha value is -1.88. The van der Waals surface area contributed by atoms with Gasteiger partial charge in [0.05, 0.1) is 19.6 Å². The minimum atomic E-state index is -0.669. The third kappa shape index (κ3) is 2.78. The van der Waals surface area contributed by atoms with Crippen molar-refractivity contribution < 1.29 is 14.7 Å². The number of benzene rings is 1. The van der Waals surface area contributed by atoms with Crippen LogP contribution in [0.3, 0.4) is 0 Å². The Balaban J connectivity index is 1.52. The molecule has 1 heterocycles. The SMILES string of the molecule is CN(CC(=O)N1CC(O)(C2CC2)C1)C(=O)c1ccccc1. The molecule has 1 aliphatic carbocycles. The van der Waals surface area contributed by atoms with Crippen molar-refractivity contribution in [2.24, 2.45) is 5.92 Å². The number of rotatable bonds is 4. The second-order valence-corrected chi connectivity index (χ2v) is 6.15. The lowest BCUT2D eigenvalue weighted by Crippen LogP contribution is -2.65. The lowest BCUT2D eigenvalue weighted by Gasteiger charge is -2.47. The smallest absolute Gasteiger partial charge is 0.254 e. The highest BCUT2D eigenvalue weighted by atomic mass is 16.3. The zero-order valence-corrected chi connectivity index (χ0v) is 12.2. The normalized spacial score (nSPS) is 19.8. The first-order valence-corrected chi connectivity index (χ1v) is 7.30. The van der Waals surface area contributed by atoms with Crippen molar-refractivity contribution in [1.82, 2.24) is 9.80 Å². The fourth-order valence-electron chi connectivity index (χ4n) is 2.85. The number of aliphatic hydroxyl groups is 1. The summed E-state index contributed by atoms with van der Waals surface area (Å²) in [4.78, 5) is 27.3. The highest BCUT2D eigenvalue weighted by molar-refractivity contribution is 5.96. The van der Waals surface area contributed by atoms with Crippen LogP contribution >= 0.6 is 0 Å². The second-order valence-electron chi connectivity index (χ2n) is 6.15. The minimum absolute atomic E-state index is 0.0501. The van der Waals surface area contributed by atoms with Crippen molar-refractivity contribution in [3.63, 3.8) is 0 Å². The predicted molar refractivity (Wildman–Crippen MR) is 77.7 cm³/mol. The summed E-state index contributed by atoms with van der Waals surface area (Å²) in [5.74, 6) is 0.0965. The summed E-state index contributed by atoms with van der Waals surface area (Å²) in [5, 5.41) is 10.2. The summed E-state index contributed by atoms with van der Waals surface area (Å²) < 4.78 is 0. The van der Waals surface area contributed by atoms with Crippen LogP contribution < -0.4 is 0 Å². The maximum atomic E-state index is 12.2. The highest BCUT2D eigenvalue weighted by Gasteiger charge is 2.53. The standard InChI is InChI=1S/C16H20N2O3/c1-17(15(20)12-5-3-2-4-6-12)9-14(19)18-10-16(21,11-18)13-7-8-13/h2-6,13,21H,7-11H2,1H3. The minimum Gasteiger partial charge on any atom is -0.386 e. The van der Waals surface area contributed by atoms with Crippen LogP contribution in [0.5, 0.6) is 0 Å². The number of amides is 2. The van der Waals surface area contributed by atoms with E-state index in [2.05, 4.69) is 0 Å². The van der Waals surface area contributed by atoms with Gasteiger partial charge < -0.3 is 14.9 Å². The average molecular weight is 288 g/mol. The predicted octanol–water partition coefficient (Wildman–Crippen LogP) is 0.742. The fourth-order valence-corrected chi connectivity index (χ4v) is 2.85. The van der Waals surface area contributed by atoms with Gasteiger partial charge in [-0.2, -0.15) is 0 Å². The maximum absolute atomic E-state index is 12.2. The molecule has 1 saturated heterocycles. The molecule has 1 aromatic carbocycles. The molecule has 2 amide bonds. The third-order valence-electron chi connectivity index (χ3n) is 4.36. The Morgan fingerprint density at radius 1 is 1.29 bits per heavy atom. The topological polar surface area (TPSA) is 60.9 Å². The molecular weight excluding hydrogens is 268 g/mol. The lowest BCUT2D eigenvalue weighted by molar-refractivity contribution is -0.159. The van der Waals surface area contributed by atoms with Crippen LogP contribution in [0.15, 0.2) is 30.3 Å². The maximum Gasteiger partial charge on any atom is 0.254 e. The Bertz CT molecular complexity index is 548. The van der Waals surface area contributed by atoms with Gasteiger partial charge in [-0.25, -0.2) is 0 Å². The molecule has 1 aliphatic heterocycles. The van der Waals surface area contributed by atoms with E-state index >= 15 is 0 Å². The van der Waals surface area contributed by atoms with Crippen LogP contribution in [-0.2, 0) is 4.79 Å². The number of β-amino-alcohol motifs (C(OH)–C–C–N with tert-alkyl or cyclic N) is 1. The van der Waals surface area contributed by atoms with Crippen LogP contribution in [-0.4, -0.2) is 59.0 Å². The Morgan fingerprint density at radius 3 is 2.48 bits per heavy atom. The molecule has 0 aromatic heterocycles. The van der Waals surface area contributed by atoms with Crippen molar-refractivity contribution in [3.8, 4) is 0 Å². The summed E-state index contributed by atoms with van der Waals surface area (Å²) in [6.45, 7) is 0.863. The molecule has 3 rings (SSSR count). The first-order chi connectivity index (χ1) is 9.99. The largest absolute Gasteiger partial charge is 0.386 e. The van der Waals surface area contributed by atoms with Crippen LogP contribution in [0.4, 0.5) is 0 Å². The number of nitrogens with zero attached hydrogens (tertiary/aromatic N) is 2. The number of likely N-dealkylation sites (tertiary alicyclic amines) is 1. The first-order valence-electron chi connectivity index (χ1n) is 7.30. The van der Waals surface area contributed by atoms with Crippen molar-refractivity contribution in [2.75, 3.05) is 26.7 Å². The Labute approximate surface area is 124 Å². The second kappa shape index (κ2) is 5.15. The summed E-state index contributed by atoms with van der Waals surface area (Å²) in [7, 11) is 1.63. The lowest BCUT2D eigenvalue weighted by atomic mass is 9.88. The molecule has 1 saturated carbocycles. The molecule has 5 heteroatoms. The van der Waals surface area contributed by atoms with Gasteiger partial charge in [-0.3, -0.25) is 9.59 Å². The molecule has 0 unspecified atom stereocenters.